The number of carbonyl (C=O) groups excluding carboxylic acids is 1. The summed E-state index contributed by atoms with van der Waals surface area (Å²) in [5.41, 5.74) is 2.39. The van der Waals surface area contributed by atoms with Crippen LogP contribution in [0, 0.1) is 6.92 Å². The summed E-state index contributed by atoms with van der Waals surface area (Å²) in [6, 6.07) is 8.83. The second kappa shape index (κ2) is 7.10. The Bertz CT molecular complexity index is 675. The standard InChI is InChI=1S/C14H17BrN4O2S/c1-9-4-3-5-11(19(17)14(20)18(2)16)10(9)8-21-13-7-6-12(15)22-13/h3-7H,8,16-17H2,1-2H3. The molecule has 6 nitrogen and oxygen atoms in total. The molecule has 118 valence electrons. The lowest BCUT2D eigenvalue weighted by Crippen LogP contribution is -2.49. The quantitative estimate of drug-likeness (QED) is 0.481. The van der Waals surface area contributed by atoms with E-state index in [0.29, 0.717) is 12.3 Å². The number of hydrogen-bond acceptors (Lipinski definition) is 5. The molecule has 0 aliphatic rings. The molecule has 0 aliphatic carbocycles. The average Bonchev–Trinajstić information content (AvgIpc) is 2.89. The topological polar surface area (TPSA) is 84.8 Å². The van der Waals surface area contributed by atoms with Crippen LogP contribution in [0.1, 0.15) is 11.1 Å². The van der Waals surface area contributed by atoms with E-state index >= 15 is 0 Å². The maximum atomic E-state index is 11.9. The van der Waals surface area contributed by atoms with Gasteiger partial charge in [0.2, 0.25) is 0 Å². The number of anilines is 1. The van der Waals surface area contributed by atoms with E-state index in [-0.39, 0.29) is 0 Å². The van der Waals surface area contributed by atoms with Gasteiger partial charge in [-0.25, -0.2) is 21.5 Å². The molecule has 0 bridgehead atoms. The number of rotatable bonds is 4. The van der Waals surface area contributed by atoms with Crippen LogP contribution >= 0.6 is 27.3 Å². The minimum Gasteiger partial charge on any atom is -0.479 e. The van der Waals surface area contributed by atoms with Gasteiger partial charge in [-0.3, -0.25) is 5.01 Å². The van der Waals surface area contributed by atoms with Gasteiger partial charge < -0.3 is 4.74 Å². The Morgan fingerprint density at radius 1 is 1.32 bits per heavy atom. The van der Waals surface area contributed by atoms with E-state index in [1.807, 2.05) is 31.2 Å². The average molecular weight is 385 g/mol. The van der Waals surface area contributed by atoms with Crippen LogP contribution in [-0.2, 0) is 6.61 Å². The first kappa shape index (κ1) is 16.8. The molecule has 2 aromatic rings. The van der Waals surface area contributed by atoms with Crippen molar-refractivity contribution in [1.29, 1.82) is 0 Å². The van der Waals surface area contributed by atoms with Gasteiger partial charge in [-0.15, -0.1) is 0 Å². The fraction of sp³-hybridized carbons (Fsp3) is 0.214. The highest BCUT2D eigenvalue weighted by Crippen LogP contribution is 2.31. The fourth-order valence-corrected chi connectivity index (χ4v) is 3.08. The van der Waals surface area contributed by atoms with E-state index in [4.69, 9.17) is 16.4 Å². The third kappa shape index (κ3) is 3.77. The molecule has 0 fully saturated rings. The normalized spacial score (nSPS) is 10.4. The van der Waals surface area contributed by atoms with Gasteiger partial charge in [0.25, 0.3) is 0 Å². The van der Waals surface area contributed by atoms with Crippen LogP contribution in [0.25, 0.3) is 0 Å². The number of carbonyl (C=O) groups is 1. The maximum absolute atomic E-state index is 11.9. The number of nitrogens with two attached hydrogens (primary N) is 2. The van der Waals surface area contributed by atoms with Crippen molar-refractivity contribution in [1.82, 2.24) is 5.01 Å². The van der Waals surface area contributed by atoms with Gasteiger partial charge >= 0.3 is 6.03 Å². The monoisotopic (exact) mass is 384 g/mol. The predicted octanol–water partition coefficient (Wildman–Crippen LogP) is 3.00. The fourth-order valence-electron chi connectivity index (χ4n) is 1.89. The molecule has 1 aromatic carbocycles. The summed E-state index contributed by atoms with van der Waals surface area (Å²) < 4.78 is 6.77. The SMILES string of the molecule is Cc1cccc(N(N)C(=O)N(C)N)c1COc1ccc(Br)s1. The van der Waals surface area contributed by atoms with Crippen molar-refractivity contribution >= 4 is 39.0 Å². The van der Waals surface area contributed by atoms with E-state index < -0.39 is 6.03 Å². The van der Waals surface area contributed by atoms with E-state index in [0.717, 1.165) is 30.0 Å². The lowest BCUT2D eigenvalue weighted by Gasteiger charge is -2.24. The van der Waals surface area contributed by atoms with E-state index in [1.54, 1.807) is 6.07 Å². The Morgan fingerprint density at radius 3 is 2.64 bits per heavy atom. The van der Waals surface area contributed by atoms with E-state index in [2.05, 4.69) is 15.9 Å². The number of thiophene rings is 1. The van der Waals surface area contributed by atoms with E-state index in [9.17, 15) is 4.79 Å². The first-order valence-corrected chi connectivity index (χ1v) is 8.05. The molecule has 0 saturated heterocycles. The van der Waals surface area contributed by atoms with Gasteiger partial charge in [-0.1, -0.05) is 23.5 Å². The van der Waals surface area contributed by atoms with Crippen molar-refractivity contribution < 1.29 is 9.53 Å². The van der Waals surface area contributed by atoms with Crippen LogP contribution in [0.5, 0.6) is 5.06 Å². The summed E-state index contributed by atoms with van der Waals surface area (Å²) >= 11 is 4.88. The Balaban J connectivity index is 2.24. The van der Waals surface area contributed by atoms with Crippen molar-refractivity contribution in [3.8, 4) is 5.06 Å². The summed E-state index contributed by atoms with van der Waals surface area (Å²) in [4.78, 5) is 11.9. The minimum absolute atomic E-state index is 0.310. The highest BCUT2D eigenvalue weighted by Gasteiger charge is 2.19. The zero-order chi connectivity index (χ0) is 16.3. The molecule has 1 aromatic heterocycles. The second-order valence-corrected chi connectivity index (χ2v) is 7.11. The minimum atomic E-state index is -0.509. The molecular weight excluding hydrogens is 368 g/mol. The van der Waals surface area contributed by atoms with Crippen LogP contribution in [0.2, 0.25) is 0 Å². The zero-order valence-electron chi connectivity index (χ0n) is 12.2. The summed E-state index contributed by atoms with van der Waals surface area (Å²) in [5.74, 6) is 11.3. The highest BCUT2D eigenvalue weighted by molar-refractivity contribution is 9.11. The lowest BCUT2D eigenvalue weighted by atomic mass is 10.1. The predicted molar refractivity (Wildman–Crippen MR) is 91.5 cm³/mol. The first-order valence-electron chi connectivity index (χ1n) is 6.44. The molecule has 4 N–H and O–H groups in total. The Kier molecular flexibility index (Phi) is 5.41. The van der Waals surface area contributed by atoms with Gasteiger partial charge in [-0.2, -0.15) is 0 Å². The van der Waals surface area contributed by atoms with Gasteiger partial charge in [0, 0.05) is 12.6 Å². The molecular formula is C14H17BrN4O2S. The smallest absolute Gasteiger partial charge is 0.352 e. The number of benzene rings is 1. The number of amides is 2. The zero-order valence-corrected chi connectivity index (χ0v) is 14.6. The third-order valence-corrected chi connectivity index (χ3v) is 4.60. The van der Waals surface area contributed by atoms with Gasteiger partial charge in [0.15, 0.2) is 5.06 Å². The molecule has 2 rings (SSSR count). The number of halogens is 1. The number of ether oxygens (including phenoxy) is 1. The number of hydrogen-bond donors (Lipinski definition) is 2. The largest absolute Gasteiger partial charge is 0.479 e. The molecule has 22 heavy (non-hydrogen) atoms. The Labute approximate surface area is 141 Å². The Hall–Kier alpha value is -1.61. The van der Waals surface area contributed by atoms with E-state index in [1.165, 1.54) is 18.4 Å². The Morgan fingerprint density at radius 2 is 2.05 bits per heavy atom. The molecule has 0 radical (unpaired) electrons. The molecule has 2 amide bonds. The number of nitrogens with zero attached hydrogens (tertiary/aromatic N) is 2. The summed E-state index contributed by atoms with van der Waals surface area (Å²) in [6.07, 6.45) is 0. The van der Waals surface area contributed by atoms with Crippen molar-refractivity contribution in [2.75, 3.05) is 12.1 Å². The number of urea groups is 1. The van der Waals surface area contributed by atoms with Crippen LogP contribution in [0.3, 0.4) is 0 Å². The van der Waals surface area contributed by atoms with Crippen molar-refractivity contribution in [2.45, 2.75) is 13.5 Å². The van der Waals surface area contributed by atoms with Crippen molar-refractivity contribution in [3.63, 3.8) is 0 Å². The van der Waals surface area contributed by atoms with Crippen LogP contribution in [-0.4, -0.2) is 18.1 Å². The second-order valence-electron chi connectivity index (χ2n) is 4.68. The summed E-state index contributed by atoms with van der Waals surface area (Å²) in [7, 11) is 1.44. The molecule has 8 heteroatoms. The highest BCUT2D eigenvalue weighted by atomic mass is 79.9. The first-order chi connectivity index (χ1) is 10.4. The molecule has 0 spiro atoms. The van der Waals surface area contributed by atoms with Crippen LogP contribution < -0.4 is 21.4 Å². The van der Waals surface area contributed by atoms with Gasteiger partial charge in [0.05, 0.1) is 9.47 Å². The number of hydrazine groups is 2. The summed E-state index contributed by atoms with van der Waals surface area (Å²) in [6.45, 7) is 2.25. The molecule has 0 saturated carbocycles. The number of aryl methyl sites for hydroxylation is 1. The third-order valence-electron chi connectivity index (χ3n) is 3.06. The molecule has 0 aliphatic heterocycles. The van der Waals surface area contributed by atoms with Crippen molar-refractivity contribution in [2.24, 2.45) is 11.7 Å². The van der Waals surface area contributed by atoms with Crippen LogP contribution in [0.15, 0.2) is 34.1 Å². The molecule has 0 unspecified atom stereocenters. The van der Waals surface area contributed by atoms with Gasteiger partial charge in [0.1, 0.15) is 6.61 Å². The lowest BCUT2D eigenvalue weighted by molar-refractivity contribution is 0.216. The molecule has 1 heterocycles. The van der Waals surface area contributed by atoms with Gasteiger partial charge in [-0.05, 0) is 46.6 Å². The van der Waals surface area contributed by atoms with Crippen LogP contribution in [0.4, 0.5) is 10.5 Å². The maximum Gasteiger partial charge on any atom is 0.352 e. The van der Waals surface area contributed by atoms with Crippen molar-refractivity contribution in [3.05, 3.63) is 45.2 Å². The molecule has 0 atom stereocenters. The summed E-state index contributed by atoms with van der Waals surface area (Å²) in [5, 5.41) is 2.74.